The molecular formula is C27H31N3O2. The Bertz CT molecular complexity index is 953. The molecule has 1 aliphatic heterocycles. The number of nitrogens with zero attached hydrogens (tertiary/aromatic N) is 2. The molecule has 166 valence electrons. The van der Waals surface area contributed by atoms with E-state index in [1.165, 1.54) is 18.4 Å². The van der Waals surface area contributed by atoms with E-state index in [4.69, 9.17) is 4.74 Å². The largest absolute Gasteiger partial charge is 0.489 e. The quantitative estimate of drug-likeness (QED) is 0.536. The molecule has 5 heteroatoms. The molecule has 0 bridgehead atoms. The zero-order valence-electron chi connectivity index (χ0n) is 18.5. The van der Waals surface area contributed by atoms with Crippen LogP contribution in [0.2, 0.25) is 0 Å². The highest BCUT2D eigenvalue weighted by Crippen LogP contribution is 2.21. The molecule has 1 aliphatic rings. The van der Waals surface area contributed by atoms with Gasteiger partial charge in [0.25, 0.3) is 5.91 Å². The van der Waals surface area contributed by atoms with Crippen molar-refractivity contribution in [1.82, 2.24) is 15.2 Å². The van der Waals surface area contributed by atoms with E-state index in [9.17, 15) is 4.79 Å². The summed E-state index contributed by atoms with van der Waals surface area (Å²) in [6, 6.07) is 21.6. The Balaban J connectivity index is 1.14. The number of amides is 1. The molecule has 32 heavy (non-hydrogen) atoms. The van der Waals surface area contributed by atoms with Crippen molar-refractivity contribution in [3.05, 3.63) is 95.8 Å². The number of aromatic nitrogens is 1. The molecular weight excluding hydrogens is 398 g/mol. The minimum atomic E-state index is -0.0198. The number of piperidine rings is 1. The van der Waals surface area contributed by atoms with Crippen LogP contribution in [-0.4, -0.2) is 35.4 Å². The number of likely N-dealkylation sites (tertiary alicyclic amines) is 1. The third kappa shape index (κ3) is 6.66. The molecule has 3 aromatic rings. The van der Waals surface area contributed by atoms with Gasteiger partial charge in [0.05, 0.1) is 0 Å². The Labute approximate surface area is 190 Å². The predicted octanol–water partition coefficient (Wildman–Crippen LogP) is 4.69. The van der Waals surface area contributed by atoms with Gasteiger partial charge in [0, 0.05) is 31.0 Å². The van der Waals surface area contributed by atoms with Crippen LogP contribution < -0.4 is 10.1 Å². The average molecular weight is 430 g/mol. The van der Waals surface area contributed by atoms with Crippen LogP contribution in [0, 0.1) is 5.92 Å². The SMILES string of the molecule is O=C(NCCC1CCN(Cc2cccnc2)CC1)c1ccc(OCc2ccccc2)cc1. The molecule has 1 saturated heterocycles. The second-order valence-electron chi connectivity index (χ2n) is 8.42. The lowest BCUT2D eigenvalue weighted by Gasteiger charge is -2.32. The number of nitrogens with one attached hydrogen (secondary N) is 1. The van der Waals surface area contributed by atoms with E-state index in [1.807, 2.05) is 73.1 Å². The monoisotopic (exact) mass is 429 g/mol. The lowest BCUT2D eigenvalue weighted by molar-refractivity contribution is 0.0947. The average Bonchev–Trinajstić information content (AvgIpc) is 2.85. The highest BCUT2D eigenvalue weighted by Gasteiger charge is 2.19. The highest BCUT2D eigenvalue weighted by atomic mass is 16.5. The van der Waals surface area contributed by atoms with E-state index >= 15 is 0 Å². The fraction of sp³-hybridized carbons (Fsp3) is 0.333. The molecule has 5 nitrogen and oxygen atoms in total. The van der Waals surface area contributed by atoms with Gasteiger partial charge in [-0.25, -0.2) is 0 Å². The van der Waals surface area contributed by atoms with E-state index in [-0.39, 0.29) is 5.91 Å². The first-order valence-corrected chi connectivity index (χ1v) is 11.4. The minimum Gasteiger partial charge on any atom is -0.489 e. The normalized spacial score (nSPS) is 14.8. The molecule has 1 N–H and O–H groups in total. The number of hydrogen-bond acceptors (Lipinski definition) is 4. The van der Waals surface area contributed by atoms with Gasteiger partial charge in [0.15, 0.2) is 0 Å². The van der Waals surface area contributed by atoms with Crippen molar-refractivity contribution in [2.45, 2.75) is 32.4 Å². The van der Waals surface area contributed by atoms with Gasteiger partial charge in [-0.15, -0.1) is 0 Å². The Kier molecular flexibility index (Phi) is 7.88. The molecule has 2 aromatic carbocycles. The molecule has 0 spiro atoms. The molecule has 1 aromatic heterocycles. The summed E-state index contributed by atoms with van der Waals surface area (Å²) >= 11 is 0. The zero-order valence-corrected chi connectivity index (χ0v) is 18.5. The first-order valence-electron chi connectivity index (χ1n) is 11.4. The number of ether oxygens (including phenoxy) is 1. The van der Waals surface area contributed by atoms with Crippen LogP contribution in [0.5, 0.6) is 5.75 Å². The van der Waals surface area contributed by atoms with Gasteiger partial charge in [0.1, 0.15) is 12.4 Å². The third-order valence-electron chi connectivity index (χ3n) is 6.04. The number of rotatable bonds is 9. The van der Waals surface area contributed by atoms with Crippen molar-refractivity contribution in [1.29, 1.82) is 0 Å². The van der Waals surface area contributed by atoms with Gasteiger partial charge < -0.3 is 10.1 Å². The standard InChI is InChI=1S/C27H31N3O2/c31-27(25-8-10-26(11-9-25)32-21-23-5-2-1-3-6-23)29-16-12-22-13-17-30(18-14-22)20-24-7-4-15-28-19-24/h1-11,15,19,22H,12-14,16-18,20-21H2,(H,29,31). The zero-order chi connectivity index (χ0) is 22.0. The molecule has 0 aliphatic carbocycles. The van der Waals surface area contributed by atoms with Gasteiger partial charge in [-0.1, -0.05) is 36.4 Å². The molecule has 0 unspecified atom stereocenters. The molecule has 0 radical (unpaired) electrons. The number of carbonyl (C=O) groups is 1. The Hall–Kier alpha value is -3.18. The van der Waals surface area contributed by atoms with Crippen molar-refractivity contribution in [3.63, 3.8) is 0 Å². The lowest BCUT2D eigenvalue weighted by Crippen LogP contribution is -2.34. The first kappa shape index (κ1) is 22.0. The van der Waals surface area contributed by atoms with Crippen molar-refractivity contribution in [2.24, 2.45) is 5.92 Å². The summed E-state index contributed by atoms with van der Waals surface area (Å²) in [4.78, 5) is 19.2. The summed E-state index contributed by atoms with van der Waals surface area (Å²) < 4.78 is 5.79. The topological polar surface area (TPSA) is 54.5 Å². The first-order chi connectivity index (χ1) is 15.8. The predicted molar refractivity (Wildman–Crippen MR) is 126 cm³/mol. The molecule has 1 amide bonds. The molecule has 0 atom stereocenters. The van der Waals surface area contributed by atoms with Crippen molar-refractivity contribution < 1.29 is 9.53 Å². The van der Waals surface area contributed by atoms with E-state index in [2.05, 4.69) is 21.3 Å². The molecule has 2 heterocycles. The fourth-order valence-electron chi connectivity index (χ4n) is 4.12. The Morgan fingerprint density at radius 1 is 0.969 bits per heavy atom. The van der Waals surface area contributed by atoms with Crippen molar-refractivity contribution in [2.75, 3.05) is 19.6 Å². The van der Waals surface area contributed by atoms with Gasteiger partial charge in [-0.3, -0.25) is 14.7 Å². The van der Waals surface area contributed by atoms with Crippen LogP contribution in [0.15, 0.2) is 79.1 Å². The minimum absolute atomic E-state index is 0.0198. The summed E-state index contributed by atoms with van der Waals surface area (Å²) in [7, 11) is 0. The van der Waals surface area contributed by atoms with E-state index in [0.717, 1.165) is 43.9 Å². The Morgan fingerprint density at radius 2 is 1.72 bits per heavy atom. The molecule has 1 fully saturated rings. The van der Waals surface area contributed by atoms with Crippen LogP contribution >= 0.6 is 0 Å². The smallest absolute Gasteiger partial charge is 0.251 e. The number of carbonyl (C=O) groups excluding carboxylic acids is 1. The van der Waals surface area contributed by atoms with Crippen LogP contribution in [-0.2, 0) is 13.2 Å². The molecule has 4 rings (SSSR count). The fourth-order valence-corrected chi connectivity index (χ4v) is 4.12. The Morgan fingerprint density at radius 3 is 2.44 bits per heavy atom. The van der Waals surface area contributed by atoms with Crippen LogP contribution in [0.1, 0.15) is 40.7 Å². The van der Waals surface area contributed by atoms with Crippen LogP contribution in [0.4, 0.5) is 0 Å². The van der Waals surface area contributed by atoms with Gasteiger partial charge in [-0.05, 0) is 79.7 Å². The number of hydrogen-bond donors (Lipinski definition) is 1. The summed E-state index contributed by atoms with van der Waals surface area (Å²) in [6.07, 6.45) is 7.17. The summed E-state index contributed by atoms with van der Waals surface area (Å²) in [6.45, 7) is 4.43. The maximum absolute atomic E-state index is 12.5. The summed E-state index contributed by atoms with van der Waals surface area (Å²) in [5, 5.41) is 3.07. The number of pyridine rings is 1. The third-order valence-corrected chi connectivity index (χ3v) is 6.04. The van der Waals surface area contributed by atoms with Crippen LogP contribution in [0.25, 0.3) is 0 Å². The van der Waals surface area contributed by atoms with Crippen molar-refractivity contribution >= 4 is 5.91 Å². The molecule has 0 saturated carbocycles. The van der Waals surface area contributed by atoms with Crippen molar-refractivity contribution in [3.8, 4) is 5.75 Å². The van der Waals surface area contributed by atoms with Gasteiger partial charge in [-0.2, -0.15) is 0 Å². The van der Waals surface area contributed by atoms with E-state index in [0.29, 0.717) is 18.1 Å². The summed E-state index contributed by atoms with van der Waals surface area (Å²) in [5.41, 5.74) is 3.07. The highest BCUT2D eigenvalue weighted by molar-refractivity contribution is 5.94. The maximum Gasteiger partial charge on any atom is 0.251 e. The van der Waals surface area contributed by atoms with Gasteiger partial charge >= 0.3 is 0 Å². The second kappa shape index (κ2) is 11.4. The van der Waals surface area contributed by atoms with Crippen LogP contribution in [0.3, 0.4) is 0 Å². The second-order valence-corrected chi connectivity index (χ2v) is 8.42. The van der Waals surface area contributed by atoms with E-state index in [1.54, 1.807) is 0 Å². The van der Waals surface area contributed by atoms with E-state index < -0.39 is 0 Å². The summed E-state index contributed by atoms with van der Waals surface area (Å²) in [5.74, 6) is 1.42. The lowest BCUT2D eigenvalue weighted by atomic mass is 9.93. The maximum atomic E-state index is 12.5. The van der Waals surface area contributed by atoms with Gasteiger partial charge in [0.2, 0.25) is 0 Å². The number of benzene rings is 2.